The van der Waals surface area contributed by atoms with Gasteiger partial charge in [-0.2, -0.15) is 0 Å². The molecule has 0 unspecified atom stereocenters. The first kappa shape index (κ1) is 13.4. The average Bonchev–Trinajstić information content (AvgIpc) is 2.26. The first-order valence-electron chi connectivity index (χ1n) is 6.22. The van der Waals surface area contributed by atoms with Crippen LogP contribution in [0.15, 0.2) is 24.3 Å². The van der Waals surface area contributed by atoms with Gasteiger partial charge in [-0.05, 0) is 30.5 Å². The molecule has 0 spiro atoms. The van der Waals surface area contributed by atoms with Crippen LogP contribution in [0.4, 0.5) is 5.69 Å². The minimum Gasteiger partial charge on any atom is -0.481 e. The summed E-state index contributed by atoms with van der Waals surface area (Å²) in [5.74, 6) is -1.67. The number of carboxylic acid groups (broad SMARTS) is 2. The van der Waals surface area contributed by atoms with Crippen LogP contribution in [0.1, 0.15) is 24.8 Å². The Balaban J connectivity index is 2.19. The van der Waals surface area contributed by atoms with Gasteiger partial charge in [-0.1, -0.05) is 18.6 Å². The van der Waals surface area contributed by atoms with E-state index in [9.17, 15) is 14.7 Å². The molecule has 1 aliphatic rings. The maximum Gasteiger partial charge on any atom is 0.323 e. The van der Waals surface area contributed by atoms with Crippen molar-refractivity contribution in [2.45, 2.75) is 24.7 Å². The molecule has 0 atom stereocenters. The van der Waals surface area contributed by atoms with Crippen molar-refractivity contribution in [3.63, 3.8) is 0 Å². The molecule has 2 N–H and O–H groups in total. The number of likely N-dealkylation sites (N-methyl/N-ethyl adjacent to an activating group) is 1. The summed E-state index contributed by atoms with van der Waals surface area (Å²) < 4.78 is 0. The van der Waals surface area contributed by atoms with Crippen molar-refractivity contribution in [2.24, 2.45) is 0 Å². The molecule has 2 rings (SSSR count). The fourth-order valence-electron chi connectivity index (χ4n) is 2.49. The predicted molar refractivity (Wildman–Crippen MR) is 70.5 cm³/mol. The van der Waals surface area contributed by atoms with Crippen molar-refractivity contribution < 1.29 is 19.8 Å². The van der Waals surface area contributed by atoms with Crippen LogP contribution in [-0.2, 0) is 15.0 Å². The Morgan fingerprint density at radius 3 is 2.16 bits per heavy atom. The van der Waals surface area contributed by atoms with Crippen LogP contribution in [-0.4, -0.2) is 35.7 Å². The van der Waals surface area contributed by atoms with Gasteiger partial charge < -0.3 is 15.1 Å². The minimum atomic E-state index is -0.896. The second kappa shape index (κ2) is 4.91. The van der Waals surface area contributed by atoms with Gasteiger partial charge in [-0.3, -0.25) is 9.59 Å². The normalized spacial score (nSPS) is 16.5. The Morgan fingerprint density at radius 1 is 1.21 bits per heavy atom. The predicted octanol–water partition coefficient (Wildman–Crippen LogP) is 1.71. The van der Waals surface area contributed by atoms with E-state index in [2.05, 4.69) is 0 Å². The van der Waals surface area contributed by atoms with Crippen LogP contribution in [0.3, 0.4) is 0 Å². The van der Waals surface area contributed by atoms with E-state index in [-0.39, 0.29) is 6.54 Å². The van der Waals surface area contributed by atoms with Gasteiger partial charge in [0.1, 0.15) is 6.54 Å². The highest BCUT2D eigenvalue weighted by Gasteiger charge is 2.45. The summed E-state index contributed by atoms with van der Waals surface area (Å²) in [6.07, 6.45) is 2.28. The van der Waals surface area contributed by atoms with E-state index in [4.69, 9.17) is 5.11 Å². The summed E-state index contributed by atoms with van der Waals surface area (Å²) in [5, 5.41) is 18.1. The smallest absolute Gasteiger partial charge is 0.323 e. The van der Waals surface area contributed by atoms with Gasteiger partial charge in [0.2, 0.25) is 0 Å². The number of anilines is 1. The second-order valence-corrected chi connectivity index (χ2v) is 5.04. The highest BCUT2D eigenvalue weighted by atomic mass is 16.4. The van der Waals surface area contributed by atoms with Gasteiger partial charge in [-0.25, -0.2) is 0 Å². The molecule has 1 aliphatic carbocycles. The van der Waals surface area contributed by atoms with Crippen molar-refractivity contribution in [3.05, 3.63) is 29.8 Å². The molecule has 102 valence electrons. The Hall–Kier alpha value is -2.04. The van der Waals surface area contributed by atoms with Crippen molar-refractivity contribution in [1.29, 1.82) is 0 Å². The third kappa shape index (κ3) is 2.41. The van der Waals surface area contributed by atoms with Crippen LogP contribution in [0, 0.1) is 0 Å². The van der Waals surface area contributed by atoms with Crippen molar-refractivity contribution in [3.8, 4) is 0 Å². The van der Waals surface area contributed by atoms with Gasteiger partial charge in [-0.15, -0.1) is 0 Å². The quantitative estimate of drug-likeness (QED) is 0.845. The lowest BCUT2D eigenvalue weighted by Gasteiger charge is -2.38. The summed E-state index contributed by atoms with van der Waals surface area (Å²) in [5.41, 5.74) is 0.842. The molecule has 5 heteroatoms. The Bertz CT molecular complexity index is 491. The molecule has 0 saturated heterocycles. The molecule has 0 aromatic heterocycles. The van der Waals surface area contributed by atoms with Crippen molar-refractivity contribution in [2.75, 3.05) is 18.5 Å². The van der Waals surface area contributed by atoms with Crippen LogP contribution in [0.25, 0.3) is 0 Å². The van der Waals surface area contributed by atoms with Gasteiger partial charge in [0, 0.05) is 12.7 Å². The van der Waals surface area contributed by atoms with Crippen LogP contribution in [0.5, 0.6) is 0 Å². The molecule has 19 heavy (non-hydrogen) atoms. The van der Waals surface area contributed by atoms with E-state index in [1.54, 1.807) is 36.2 Å². The fourth-order valence-corrected chi connectivity index (χ4v) is 2.49. The number of benzene rings is 1. The maximum absolute atomic E-state index is 11.4. The molecule has 0 heterocycles. The number of hydrogen-bond acceptors (Lipinski definition) is 3. The molecular weight excluding hydrogens is 246 g/mol. The maximum atomic E-state index is 11.4. The minimum absolute atomic E-state index is 0.0799. The van der Waals surface area contributed by atoms with Gasteiger partial charge in [0.15, 0.2) is 0 Å². The molecule has 5 nitrogen and oxygen atoms in total. The SMILES string of the molecule is CN(CC(=O)O)c1ccc(C2(C(=O)O)CCC2)cc1. The highest BCUT2D eigenvalue weighted by molar-refractivity contribution is 5.83. The second-order valence-electron chi connectivity index (χ2n) is 5.04. The number of carbonyl (C=O) groups is 2. The van der Waals surface area contributed by atoms with E-state index in [1.807, 2.05) is 0 Å². The Kier molecular flexibility index (Phi) is 3.46. The fraction of sp³-hybridized carbons (Fsp3) is 0.429. The first-order chi connectivity index (χ1) is 8.95. The van der Waals surface area contributed by atoms with Crippen LogP contribution in [0.2, 0.25) is 0 Å². The monoisotopic (exact) mass is 263 g/mol. The molecule has 0 aliphatic heterocycles. The highest BCUT2D eigenvalue weighted by Crippen LogP contribution is 2.44. The molecule has 1 saturated carbocycles. The average molecular weight is 263 g/mol. The standard InChI is InChI=1S/C14H17NO4/c1-15(9-12(16)17)11-5-3-10(4-6-11)14(13(18)19)7-2-8-14/h3-6H,2,7-9H2,1H3,(H,16,17)(H,18,19). The molecule has 1 fully saturated rings. The molecule has 1 aromatic rings. The number of rotatable bonds is 5. The summed E-state index contributed by atoms with van der Waals surface area (Å²) in [6.45, 7) is -0.0799. The van der Waals surface area contributed by atoms with E-state index in [1.165, 1.54) is 0 Å². The molecule has 0 amide bonds. The molecule has 0 radical (unpaired) electrons. The topological polar surface area (TPSA) is 77.8 Å². The summed E-state index contributed by atoms with van der Waals surface area (Å²) >= 11 is 0. The molecular formula is C14H17NO4. The van der Waals surface area contributed by atoms with Gasteiger partial charge in [0.05, 0.1) is 5.41 Å². The van der Waals surface area contributed by atoms with Crippen molar-refractivity contribution >= 4 is 17.6 Å². The largest absolute Gasteiger partial charge is 0.481 e. The zero-order valence-electron chi connectivity index (χ0n) is 10.8. The Labute approximate surface area is 111 Å². The zero-order valence-corrected chi connectivity index (χ0v) is 10.8. The third-order valence-electron chi connectivity index (χ3n) is 3.85. The summed E-state index contributed by atoms with van der Waals surface area (Å²) in [7, 11) is 1.69. The third-order valence-corrected chi connectivity index (χ3v) is 3.85. The van der Waals surface area contributed by atoms with Crippen molar-refractivity contribution in [1.82, 2.24) is 0 Å². The lowest BCUT2D eigenvalue weighted by Crippen LogP contribution is -2.42. The number of hydrogen-bond donors (Lipinski definition) is 2. The van der Waals surface area contributed by atoms with E-state index in [0.29, 0.717) is 12.8 Å². The molecule has 1 aromatic carbocycles. The van der Waals surface area contributed by atoms with E-state index >= 15 is 0 Å². The lowest BCUT2D eigenvalue weighted by molar-refractivity contribution is -0.147. The zero-order chi connectivity index (χ0) is 14.0. The molecule has 0 bridgehead atoms. The summed E-state index contributed by atoms with van der Waals surface area (Å²) in [6, 6.07) is 7.14. The number of aliphatic carboxylic acids is 2. The first-order valence-corrected chi connectivity index (χ1v) is 6.22. The lowest BCUT2D eigenvalue weighted by atomic mass is 9.64. The van der Waals surface area contributed by atoms with E-state index < -0.39 is 17.4 Å². The number of nitrogens with zero attached hydrogens (tertiary/aromatic N) is 1. The summed E-state index contributed by atoms with van der Waals surface area (Å²) in [4.78, 5) is 23.6. The van der Waals surface area contributed by atoms with Gasteiger partial charge in [0.25, 0.3) is 0 Å². The van der Waals surface area contributed by atoms with E-state index in [0.717, 1.165) is 17.7 Å². The number of carboxylic acids is 2. The Morgan fingerprint density at radius 2 is 1.79 bits per heavy atom. The van der Waals surface area contributed by atoms with Gasteiger partial charge >= 0.3 is 11.9 Å². The van der Waals surface area contributed by atoms with Crippen LogP contribution < -0.4 is 4.90 Å². The van der Waals surface area contributed by atoms with Crippen LogP contribution >= 0.6 is 0 Å².